The van der Waals surface area contributed by atoms with Gasteiger partial charge in [0, 0.05) is 67.8 Å². The minimum Gasteiger partial charge on any atom is -0.457 e. The Morgan fingerprint density at radius 1 is 1.03 bits per heavy atom. The number of anilines is 2. The molecule has 8 nitrogen and oxygen atoms in total. The number of nitrogens with zero attached hydrogens (tertiary/aromatic N) is 5. The third kappa shape index (κ3) is 6.74. The van der Waals surface area contributed by atoms with Crippen molar-refractivity contribution in [2.45, 2.75) is 32.2 Å². The molecule has 1 unspecified atom stereocenters. The van der Waals surface area contributed by atoms with Gasteiger partial charge in [-0.15, -0.1) is 0 Å². The Bertz CT molecular complexity index is 1230. The van der Waals surface area contributed by atoms with Crippen LogP contribution in [0, 0.1) is 6.92 Å². The molecular formula is C29H35ClN6O2. The summed E-state index contributed by atoms with van der Waals surface area (Å²) in [6.45, 7) is 8.56. The molecule has 1 atom stereocenters. The van der Waals surface area contributed by atoms with Crippen LogP contribution in [0.2, 0.25) is 5.02 Å². The minimum absolute atomic E-state index is 0.123. The van der Waals surface area contributed by atoms with Gasteiger partial charge in [0.15, 0.2) is 0 Å². The second-order valence-electron chi connectivity index (χ2n) is 9.95. The molecular weight excluding hydrogens is 500 g/mol. The standard InChI is InChI=1S/C29H35ClN6O2/c1-22-31-20-27-28(33-24-7-5-9-26(19-24)38-25-8-4-6-23(30)18-25)10-13-36(29(27)32-22)12-3-2-11-34-14-16-35(21-37)17-15-34/h4-9,18-21,28,33H,2-3,10-17H2,1H3. The second-order valence-corrected chi connectivity index (χ2v) is 10.4. The molecule has 1 fully saturated rings. The smallest absolute Gasteiger partial charge is 0.209 e. The normalized spacial score (nSPS) is 17.7. The summed E-state index contributed by atoms with van der Waals surface area (Å²) in [5, 5.41) is 4.33. The summed E-state index contributed by atoms with van der Waals surface area (Å²) in [5.41, 5.74) is 2.12. The van der Waals surface area contributed by atoms with E-state index in [9.17, 15) is 4.79 Å². The second kappa shape index (κ2) is 12.5. The SMILES string of the molecule is Cc1ncc2c(n1)N(CCCCN1CCN(C=O)CC1)CCC2Nc1cccc(Oc2cccc(Cl)c2)c1. The molecule has 3 heterocycles. The van der Waals surface area contributed by atoms with Crippen molar-refractivity contribution in [3.8, 4) is 11.5 Å². The molecule has 5 rings (SSSR count). The molecule has 2 aliphatic heterocycles. The molecule has 38 heavy (non-hydrogen) atoms. The van der Waals surface area contributed by atoms with Gasteiger partial charge in [-0.25, -0.2) is 9.97 Å². The number of aryl methyl sites for hydroxylation is 1. The van der Waals surface area contributed by atoms with E-state index >= 15 is 0 Å². The highest BCUT2D eigenvalue weighted by Crippen LogP contribution is 2.35. The predicted octanol–water partition coefficient (Wildman–Crippen LogP) is 5.15. The van der Waals surface area contributed by atoms with E-state index in [1.165, 1.54) is 0 Å². The van der Waals surface area contributed by atoms with E-state index < -0.39 is 0 Å². The van der Waals surface area contributed by atoms with E-state index in [0.29, 0.717) is 10.8 Å². The van der Waals surface area contributed by atoms with Gasteiger partial charge in [0.25, 0.3) is 0 Å². The number of unbranched alkanes of at least 4 members (excludes halogenated alkanes) is 1. The van der Waals surface area contributed by atoms with Crippen LogP contribution in [0.5, 0.6) is 11.5 Å². The van der Waals surface area contributed by atoms with E-state index in [4.69, 9.17) is 21.3 Å². The number of hydrogen-bond acceptors (Lipinski definition) is 7. The average Bonchev–Trinajstić information content (AvgIpc) is 2.92. The van der Waals surface area contributed by atoms with Crippen LogP contribution in [0.4, 0.5) is 11.5 Å². The number of carbonyl (C=O) groups excluding carboxylic acids is 1. The first-order valence-electron chi connectivity index (χ1n) is 13.4. The van der Waals surface area contributed by atoms with Crippen molar-refractivity contribution in [1.29, 1.82) is 0 Å². The molecule has 1 amide bonds. The van der Waals surface area contributed by atoms with Crippen molar-refractivity contribution in [3.63, 3.8) is 0 Å². The van der Waals surface area contributed by atoms with E-state index in [1.54, 1.807) is 6.07 Å². The van der Waals surface area contributed by atoms with Gasteiger partial charge < -0.3 is 19.9 Å². The van der Waals surface area contributed by atoms with Crippen molar-refractivity contribution in [3.05, 3.63) is 71.1 Å². The molecule has 1 saturated heterocycles. The lowest BCUT2D eigenvalue weighted by Crippen LogP contribution is -2.45. The van der Waals surface area contributed by atoms with Gasteiger partial charge in [-0.1, -0.05) is 23.7 Å². The molecule has 9 heteroatoms. The number of piperazine rings is 1. The van der Waals surface area contributed by atoms with Gasteiger partial charge in [0.05, 0.1) is 6.04 Å². The number of aromatic nitrogens is 2. The highest BCUT2D eigenvalue weighted by Gasteiger charge is 2.27. The maximum atomic E-state index is 10.9. The number of ether oxygens (including phenoxy) is 1. The van der Waals surface area contributed by atoms with Crippen molar-refractivity contribution in [2.75, 3.05) is 56.0 Å². The van der Waals surface area contributed by atoms with Crippen molar-refractivity contribution >= 4 is 29.5 Å². The summed E-state index contributed by atoms with van der Waals surface area (Å²) in [7, 11) is 0. The summed E-state index contributed by atoms with van der Waals surface area (Å²) >= 11 is 6.10. The maximum absolute atomic E-state index is 10.9. The van der Waals surface area contributed by atoms with E-state index in [2.05, 4.69) is 26.2 Å². The molecule has 0 saturated carbocycles. The fourth-order valence-corrected chi connectivity index (χ4v) is 5.31. The Hall–Kier alpha value is -3.36. The van der Waals surface area contributed by atoms with Gasteiger partial charge in [0.2, 0.25) is 6.41 Å². The summed E-state index contributed by atoms with van der Waals surface area (Å²) in [5.74, 6) is 3.29. The third-order valence-electron chi connectivity index (χ3n) is 7.19. The van der Waals surface area contributed by atoms with Gasteiger partial charge in [-0.3, -0.25) is 9.69 Å². The van der Waals surface area contributed by atoms with Crippen molar-refractivity contribution < 1.29 is 9.53 Å². The van der Waals surface area contributed by atoms with Crippen LogP contribution >= 0.6 is 11.6 Å². The van der Waals surface area contributed by atoms with Crippen LogP contribution in [0.15, 0.2) is 54.7 Å². The van der Waals surface area contributed by atoms with Crippen LogP contribution in [0.25, 0.3) is 0 Å². The van der Waals surface area contributed by atoms with Gasteiger partial charge in [-0.2, -0.15) is 0 Å². The van der Waals surface area contributed by atoms with Crippen LogP contribution in [0.1, 0.15) is 36.7 Å². The van der Waals surface area contributed by atoms with Crippen LogP contribution < -0.4 is 15.0 Å². The molecule has 1 N–H and O–H groups in total. The molecule has 0 aliphatic carbocycles. The van der Waals surface area contributed by atoms with E-state index in [-0.39, 0.29) is 6.04 Å². The van der Waals surface area contributed by atoms with Crippen LogP contribution in [0.3, 0.4) is 0 Å². The third-order valence-corrected chi connectivity index (χ3v) is 7.43. The van der Waals surface area contributed by atoms with Crippen molar-refractivity contribution in [1.82, 2.24) is 19.8 Å². The zero-order valence-electron chi connectivity index (χ0n) is 21.9. The van der Waals surface area contributed by atoms with E-state index in [1.807, 2.05) is 54.4 Å². The maximum Gasteiger partial charge on any atom is 0.209 e. The van der Waals surface area contributed by atoms with Crippen LogP contribution in [-0.2, 0) is 4.79 Å². The van der Waals surface area contributed by atoms with E-state index in [0.717, 1.165) is 100 Å². The van der Waals surface area contributed by atoms with Gasteiger partial charge in [0.1, 0.15) is 23.1 Å². The number of rotatable bonds is 10. The molecule has 0 radical (unpaired) electrons. The Morgan fingerprint density at radius 3 is 2.58 bits per heavy atom. The highest BCUT2D eigenvalue weighted by molar-refractivity contribution is 6.30. The Balaban J connectivity index is 1.19. The Morgan fingerprint density at radius 2 is 1.79 bits per heavy atom. The monoisotopic (exact) mass is 534 g/mol. The summed E-state index contributed by atoms with van der Waals surface area (Å²) in [6.07, 6.45) is 6.14. The van der Waals surface area contributed by atoms with Gasteiger partial charge >= 0.3 is 0 Å². The first-order valence-corrected chi connectivity index (χ1v) is 13.8. The number of benzene rings is 2. The fraction of sp³-hybridized carbons (Fsp3) is 0.414. The highest BCUT2D eigenvalue weighted by atomic mass is 35.5. The topological polar surface area (TPSA) is 73.8 Å². The minimum atomic E-state index is 0.123. The van der Waals surface area contributed by atoms with Crippen molar-refractivity contribution in [2.24, 2.45) is 0 Å². The largest absolute Gasteiger partial charge is 0.457 e. The zero-order valence-corrected chi connectivity index (χ0v) is 22.6. The average molecular weight is 535 g/mol. The first kappa shape index (κ1) is 26.3. The molecule has 2 aliphatic rings. The van der Waals surface area contributed by atoms with Crippen LogP contribution in [-0.4, -0.2) is 72.0 Å². The molecule has 200 valence electrons. The number of fused-ring (bicyclic) bond motifs is 1. The lowest BCUT2D eigenvalue weighted by Gasteiger charge is -2.36. The first-order chi connectivity index (χ1) is 18.6. The predicted molar refractivity (Wildman–Crippen MR) is 151 cm³/mol. The fourth-order valence-electron chi connectivity index (χ4n) is 5.13. The summed E-state index contributed by atoms with van der Waals surface area (Å²) in [4.78, 5) is 27.0. The molecule has 3 aromatic rings. The quantitative estimate of drug-likeness (QED) is 0.285. The summed E-state index contributed by atoms with van der Waals surface area (Å²) in [6, 6.07) is 15.5. The Kier molecular flexibility index (Phi) is 8.61. The number of halogens is 1. The molecule has 1 aromatic heterocycles. The molecule has 0 bridgehead atoms. The summed E-state index contributed by atoms with van der Waals surface area (Å²) < 4.78 is 6.02. The molecule has 2 aromatic carbocycles. The number of carbonyl (C=O) groups is 1. The number of amides is 1. The lowest BCUT2D eigenvalue weighted by atomic mass is 10.00. The zero-order chi connectivity index (χ0) is 26.3. The number of nitrogens with one attached hydrogen (secondary N) is 1. The van der Waals surface area contributed by atoms with Gasteiger partial charge in [-0.05, 0) is 63.1 Å². The molecule has 0 spiro atoms. The Labute approximate surface area is 229 Å². The lowest BCUT2D eigenvalue weighted by molar-refractivity contribution is -0.119. The number of hydrogen-bond donors (Lipinski definition) is 1.